The molecule has 2 aromatic heterocycles. The second-order valence-corrected chi connectivity index (χ2v) is 9.16. The third-order valence-electron chi connectivity index (χ3n) is 6.42. The van der Waals surface area contributed by atoms with E-state index in [9.17, 15) is 27.6 Å². The fourth-order valence-electron chi connectivity index (χ4n) is 4.38. The number of ether oxygens (including phenoxy) is 5. The van der Waals surface area contributed by atoms with Crippen LogP contribution in [0.4, 0.5) is 25.1 Å². The van der Waals surface area contributed by atoms with Crippen molar-refractivity contribution < 1.29 is 41.7 Å². The Balaban J connectivity index is 1.42. The van der Waals surface area contributed by atoms with Crippen LogP contribution in [0.1, 0.15) is 0 Å². The lowest BCUT2D eigenvalue weighted by Crippen LogP contribution is -2.38. The predicted molar refractivity (Wildman–Crippen MR) is 146 cm³/mol. The summed E-state index contributed by atoms with van der Waals surface area (Å²) in [5.74, 6) is -3.84. The third-order valence-corrected chi connectivity index (χ3v) is 6.42. The molecule has 3 N–H and O–H groups in total. The monoisotopic (exact) mass is 606 g/mol. The maximum Gasteiger partial charge on any atom is 0.491 e. The van der Waals surface area contributed by atoms with Crippen molar-refractivity contribution in [2.75, 3.05) is 59.0 Å². The Morgan fingerprint density at radius 3 is 2.37 bits per heavy atom. The van der Waals surface area contributed by atoms with Gasteiger partial charge in [-0.2, -0.15) is 13.2 Å². The number of alkyl halides is 3. The molecule has 1 fully saturated rings. The largest absolute Gasteiger partial charge is 0.493 e. The molecule has 1 aliphatic rings. The Morgan fingerprint density at radius 1 is 1.00 bits per heavy atom. The number of hydrogen-bond donors (Lipinski definition) is 3. The van der Waals surface area contributed by atoms with Gasteiger partial charge in [-0.3, -0.25) is 29.8 Å². The zero-order chi connectivity index (χ0) is 30.7. The van der Waals surface area contributed by atoms with Gasteiger partial charge in [0.05, 0.1) is 43.9 Å². The van der Waals surface area contributed by atoms with Gasteiger partial charge in [0.15, 0.2) is 11.5 Å². The molecule has 0 unspecified atom stereocenters. The van der Waals surface area contributed by atoms with Gasteiger partial charge in [0.25, 0.3) is 11.1 Å². The Morgan fingerprint density at radius 2 is 1.70 bits per heavy atom. The van der Waals surface area contributed by atoms with Crippen molar-refractivity contribution in [1.82, 2.24) is 24.8 Å². The van der Waals surface area contributed by atoms with Crippen molar-refractivity contribution >= 4 is 39.7 Å². The summed E-state index contributed by atoms with van der Waals surface area (Å²) in [4.78, 5) is 53.0. The lowest BCUT2D eigenvalue weighted by atomic mass is 10.2. The SMILES string of the molecule is COc1cc2nc(Nc3nc4ccc(OCCN5CCOCC5)cc4c(=O)[nH]3)[nH]c(=O)c2c(OC(=O)C(F)(F)F)c1OC. The molecule has 43 heavy (non-hydrogen) atoms. The van der Waals surface area contributed by atoms with Crippen molar-refractivity contribution in [3.63, 3.8) is 0 Å². The molecule has 1 saturated heterocycles. The Hall–Kier alpha value is -4.90. The number of morpholine rings is 1. The molecule has 1 aliphatic heterocycles. The molecule has 0 radical (unpaired) electrons. The predicted octanol–water partition coefficient (Wildman–Crippen LogP) is 2.10. The smallest absolute Gasteiger partial charge is 0.491 e. The molecule has 0 aliphatic carbocycles. The Bertz CT molecular complexity index is 1790. The van der Waals surface area contributed by atoms with E-state index < -0.39 is 40.1 Å². The van der Waals surface area contributed by atoms with Crippen molar-refractivity contribution in [3.05, 3.63) is 45.0 Å². The summed E-state index contributed by atoms with van der Waals surface area (Å²) < 4.78 is 64.6. The molecular formula is C26H25F3N6O8. The average molecular weight is 607 g/mol. The summed E-state index contributed by atoms with van der Waals surface area (Å²) in [7, 11) is 2.28. The van der Waals surface area contributed by atoms with E-state index in [1.807, 2.05) is 0 Å². The van der Waals surface area contributed by atoms with Gasteiger partial charge in [-0.1, -0.05) is 0 Å². The first kappa shape index (κ1) is 29.6. The summed E-state index contributed by atoms with van der Waals surface area (Å²) in [5, 5.41) is 2.41. The quantitative estimate of drug-likeness (QED) is 0.188. The molecule has 0 spiro atoms. The standard InChI is InChI=1S/C26H25F3N6O8/c1-39-17-12-16-18(20(19(17)40-2)43-23(38)26(27,28)29)22(37)33-25(31-16)34-24-30-15-4-3-13(11-14(15)21(36)32-24)42-10-7-35-5-8-41-9-6-35/h3-4,11-12H,5-10H2,1-2H3,(H3,30,31,32,33,34,36,37). The van der Waals surface area contributed by atoms with Crippen molar-refractivity contribution in [1.29, 1.82) is 0 Å². The number of fused-ring (bicyclic) bond motifs is 2. The molecule has 0 bridgehead atoms. The molecule has 17 heteroatoms. The minimum atomic E-state index is -5.36. The van der Waals surface area contributed by atoms with E-state index in [4.69, 9.17) is 18.9 Å². The molecule has 0 amide bonds. The number of benzene rings is 2. The van der Waals surface area contributed by atoms with Gasteiger partial charge >= 0.3 is 12.1 Å². The normalized spacial score (nSPS) is 14.1. The highest BCUT2D eigenvalue weighted by molar-refractivity contribution is 5.93. The number of carbonyl (C=O) groups is 1. The number of methoxy groups -OCH3 is 2. The van der Waals surface area contributed by atoms with Crippen LogP contribution in [-0.2, 0) is 9.53 Å². The fourth-order valence-corrected chi connectivity index (χ4v) is 4.38. The van der Waals surface area contributed by atoms with Crippen LogP contribution in [0.2, 0.25) is 0 Å². The summed E-state index contributed by atoms with van der Waals surface area (Å²) in [5.41, 5.74) is -1.40. The molecule has 3 heterocycles. The number of rotatable bonds is 9. The molecule has 0 atom stereocenters. The molecule has 5 rings (SSSR count). The van der Waals surface area contributed by atoms with Crippen LogP contribution >= 0.6 is 0 Å². The van der Waals surface area contributed by atoms with E-state index in [1.165, 1.54) is 13.2 Å². The van der Waals surface area contributed by atoms with Crippen LogP contribution in [-0.4, -0.2) is 90.7 Å². The number of halogens is 3. The fraction of sp³-hybridized carbons (Fsp3) is 0.346. The second kappa shape index (κ2) is 12.1. The highest BCUT2D eigenvalue weighted by Gasteiger charge is 2.42. The lowest BCUT2D eigenvalue weighted by molar-refractivity contribution is -0.189. The van der Waals surface area contributed by atoms with E-state index in [0.29, 0.717) is 37.6 Å². The van der Waals surface area contributed by atoms with Gasteiger partial charge in [0.2, 0.25) is 17.6 Å². The topological polar surface area (TPSA) is 170 Å². The summed E-state index contributed by atoms with van der Waals surface area (Å²) in [6.07, 6.45) is -5.36. The zero-order valence-electron chi connectivity index (χ0n) is 22.8. The van der Waals surface area contributed by atoms with Crippen LogP contribution in [0.25, 0.3) is 21.8 Å². The van der Waals surface area contributed by atoms with Gasteiger partial charge in [0.1, 0.15) is 17.7 Å². The maximum atomic E-state index is 13.0. The van der Waals surface area contributed by atoms with Gasteiger partial charge in [0, 0.05) is 25.7 Å². The highest BCUT2D eigenvalue weighted by Crippen LogP contribution is 2.42. The first-order valence-electron chi connectivity index (χ1n) is 12.8. The van der Waals surface area contributed by atoms with Crippen molar-refractivity contribution in [2.45, 2.75) is 6.18 Å². The number of carbonyl (C=O) groups excluding carboxylic acids is 1. The molecular weight excluding hydrogens is 581 g/mol. The van der Waals surface area contributed by atoms with E-state index >= 15 is 0 Å². The summed E-state index contributed by atoms with van der Waals surface area (Å²) >= 11 is 0. The third kappa shape index (κ3) is 6.46. The summed E-state index contributed by atoms with van der Waals surface area (Å²) in [6.45, 7) is 4.14. The number of H-pyrrole nitrogens is 2. The van der Waals surface area contributed by atoms with Crippen molar-refractivity contribution in [2.24, 2.45) is 0 Å². The van der Waals surface area contributed by atoms with Gasteiger partial charge in [-0.05, 0) is 18.2 Å². The number of anilines is 2. The van der Waals surface area contributed by atoms with E-state index in [0.717, 1.165) is 20.2 Å². The highest BCUT2D eigenvalue weighted by atomic mass is 19.4. The van der Waals surface area contributed by atoms with Crippen LogP contribution in [0.3, 0.4) is 0 Å². The van der Waals surface area contributed by atoms with E-state index in [-0.39, 0.29) is 28.5 Å². The van der Waals surface area contributed by atoms with Crippen LogP contribution in [0.5, 0.6) is 23.0 Å². The first-order chi connectivity index (χ1) is 20.6. The minimum Gasteiger partial charge on any atom is -0.493 e. The van der Waals surface area contributed by atoms with Gasteiger partial charge < -0.3 is 23.7 Å². The molecule has 4 aromatic rings. The van der Waals surface area contributed by atoms with Crippen LogP contribution < -0.4 is 35.4 Å². The van der Waals surface area contributed by atoms with Gasteiger partial charge in [-0.15, -0.1) is 0 Å². The van der Waals surface area contributed by atoms with E-state index in [1.54, 1.807) is 18.2 Å². The Labute approximate surface area is 239 Å². The first-order valence-corrected chi connectivity index (χ1v) is 12.8. The zero-order valence-corrected chi connectivity index (χ0v) is 22.8. The average Bonchev–Trinajstić information content (AvgIpc) is 2.97. The van der Waals surface area contributed by atoms with Gasteiger partial charge in [-0.25, -0.2) is 14.8 Å². The lowest BCUT2D eigenvalue weighted by Gasteiger charge is -2.26. The van der Waals surface area contributed by atoms with E-state index in [2.05, 4.69) is 34.9 Å². The number of hydrogen-bond acceptors (Lipinski definition) is 12. The number of aromatic amines is 2. The molecule has 2 aromatic carbocycles. The molecule has 228 valence electrons. The molecule has 14 nitrogen and oxygen atoms in total. The van der Waals surface area contributed by atoms with Crippen LogP contribution in [0.15, 0.2) is 33.9 Å². The number of esters is 1. The van der Waals surface area contributed by atoms with Crippen molar-refractivity contribution in [3.8, 4) is 23.0 Å². The number of nitrogens with zero attached hydrogens (tertiary/aromatic N) is 3. The summed E-state index contributed by atoms with van der Waals surface area (Å²) in [6, 6.07) is 6.02. The Kier molecular flexibility index (Phi) is 8.36. The second-order valence-electron chi connectivity index (χ2n) is 9.16. The number of aromatic nitrogens is 4. The molecule has 0 saturated carbocycles. The number of nitrogens with one attached hydrogen (secondary N) is 3. The minimum absolute atomic E-state index is 0.0924. The maximum absolute atomic E-state index is 13.0. The van der Waals surface area contributed by atoms with Crippen LogP contribution in [0, 0.1) is 0 Å².